The van der Waals surface area contributed by atoms with Crippen LogP contribution >= 0.6 is 0 Å². The van der Waals surface area contributed by atoms with Crippen molar-refractivity contribution >= 4 is 16.7 Å². The Kier molecular flexibility index (Phi) is 6.69. The van der Waals surface area contributed by atoms with Gasteiger partial charge in [-0.05, 0) is 57.5 Å². The molecular formula is C25H19NaO2. The first-order valence-corrected chi connectivity index (χ1v) is 9.09. The molecule has 0 spiro atoms. The van der Waals surface area contributed by atoms with Crippen molar-refractivity contribution in [2.24, 2.45) is 0 Å². The van der Waals surface area contributed by atoms with E-state index >= 15 is 0 Å². The second-order valence-corrected chi connectivity index (χ2v) is 6.64. The molecule has 0 aliphatic carbocycles. The number of benzene rings is 4. The molecule has 28 heavy (non-hydrogen) atoms. The molecule has 0 saturated heterocycles. The average molecular weight is 374 g/mol. The zero-order valence-electron chi connectivity index (χ0n) is 15.9. The molecule has 4 aromatic rings. The molecule has 0 saturated carbocycles. The fraction of sp³-hybridized carbons (Fsp3) is 0.0800. The van der Waals surface area contributed by atoms with E-state index in [-0.39, 0.29) is 36.0 Å². The minimum absolute atomic E-state index is 0. The van der Waals surface area contributed by atoms with Gasteiger partial charge in [0.1, 0.15) is 0 Å². The van der Waals surface area contributed by atoms with Crippen LogP contribution < -0.4 is 34.7 Å². The molecule has 4 rings (SSSR count). The third-order valence-electron chi connectivity index (χ3n) is 4.89. The van der Waals surface area contributed by atoms with E-state index < -0.39 is 5.97 Å². The number of carboxylic acids is 1. The summed E-state index contributed by atoms with van der Waals surface area (Å²) < 4.78 is 0. The molecule has 0 atom stereocenters. The maximum absolute atomic E-state index is 10.9. The van der Waals surface area contributed by atoms with E-state index in [1.54, 1.807) is 0 Å². The monoisotopic (exact) mass is 374 g/mol. The average Bonchev–Trinajstić information content (AvgIpc) is 2.72. The van der Waals surface area contributed by atoms with Crippen molar-refractivity contribution in [1.29, 1.82) is 0 Å². The van der Waals surface area contributed by atoms with Crippen LogP contribution in [0, 0.1) is 0 Å². The van der Waals surface area contributed by atoms with Crippen LogP contribution in [0.2, 0.25) is 0 Å². The van der Waals surface area contributed by atoms with Crippen LogP contribution in [-0.2, 0) is 11.2 Å². The van der Waals surface area contributed by atoms with Gasteiger partial charge in [0, 0.05) is 5.97 Å². The first-order chi connectivity index (χ1) is 13.2. The maximum Gasteiger partial charge on any atom is 1.00 e. The second kappa shape index (κ2) is 9.20. The van der Waals surface area contributed by atoms with Gasteiger partial charge in [0.15, 0.2) is 0 Å². The predicted octanol–water partition coefficient (Wildman–Crippen LogP) is 1.86. The molecule has 3 heteroatoms. The molecule has 0 aliphatic heterocycles. The van der Waals surface area contributed by atoms with E-state index in [1.165, 1.54) is 16.3 Å². The van der Waals surface area contributed by atoms with Crippen LogP contribution in [0.4, 0.5) is 0 Å². The summed E-state index contributed by atoms with van der Waals surface area (Å²) in [4.78, 5) is 10.9. The molecule has 0 heterocycles. The van der Waals surface area contributed by atoms with Gasteiger partial charge >= 0.3 is 29.6 Å². The van der Waals surface area contributed by atoms with Crippen molar-refractivity contribution in [2.45, 2.75) is 12.8 Å². The van der Waals surface area contributed by atoms with Gasteiger partial charge in [0.05, 0.1) is 0 Å². The molecule has 0 N–H and O–H groups in total. The van der Waals surface area contributed by atoms with E-state index in [0.29, 0.717) is 6.42 Å². The summed E-state index contributed by atoms with van der Waals surface area (Å²) in [5.74, 6) is -1.02. The standard InChI is InChI=1S/C25H20O2.Na/c26-25(27)16-15-19-8-1-3-12-22(19)20-10-5-11-21(17-20)24-14-6-9-18-7-2-4-13-23(18)24;/h1-14,17H,15-16H2,(H,26,27);/q;+1/p-1. The van der Waals surface area contributed by atoms with Gasteiger partial charge in [-0.25, -0.2) is 0 Å². The van der Waals surface area contributed by atoms with Crippen molar-refractivity contribution in [1.82, 2.24) is 0 Å². The molecule has 0 bridgehead atoms. The summed E-state index contributed by atoms with van der Waals surface area (Å²) in [6, 6.07) is 31.1. The molecule has 0 fully saturated rings. The van der Waals surface area contributed by atoms with Crippen molar-refractivity contribution in [3.63, 3.8) is 0 Å². The first kappa shape index (κ1) is 20.3. The number of fused-ring (bicyclic) bond motifs is 1. The zero-order valence-corrected chi connectivity index (χ0v) is 17.9. The van der Waals surface area contributed by atoms with E-state index in [9.17, 15) is 9.90 Å². The van der Waals surface area contributed by atoms with Gasteiger partial charge < -0.3 is 9.90 Å². The summed E-state index contributed by atoms with van der Waals surface area (Å²) in [5.41, 5.74) is 5.54. The van der Waals surface area contributed by atoms with E-state index in [1.807, 2.05) is 24.3 Å². The Labute approximate surface area is 187 Å². The smallest absolute Gasteiger partial charge is 0.550 e. The van der Waals surface area contributed by atoms with Gasteiger partial charge in [-0.3, -0.25) is 0 Å². The number of carbonyl (C=O) groups is 1. The molecule has 132 valence electrons. The van der Waals surface area contributed by atoms with Crippen molar-refractivity contribution in [3.8, 4) is 22.3 Å². The van der Waals surface area contributed by atoms with E-state index in [0.717, 1.165) is 22.3 Å². The van der Waals surface area contributed by atoms with Crippen LogP contribution in [0.1, 0.15) is 12.0 Å². The summed E-state index contributed by atoms with van der Waals surface area (Å²) in [5, 5.41) is 13.3. The molecule has 4 aromatic carbocycles. The van der Waals surface area contributed by atoms with Crippen molar-refractivity contribution in [2.75, 3.05) is 0 Å². The van der Waals surface area contributed by atoms with Gasteiger partial charge in [-0.2, -0.15) is 0 Å². The van der Waals surface area contributed by atoms with Crippen LogP contribution in [-0.4, -0.2) is 5.97 Å². The van der Waals surface area contributed by atoms with Gasteiger partial charge in [0.2, 0.25) is 0 Å². The SMILES string of the molecule is O=C([O-])CCc1ccccc1-c1cccc(-c2cccc3ccccc23)c1.[Na+]. The van der Waals surface area contributed by atoms with E-state index in [4.69, 9.17) is 0 Å². The summed E-state index contributed by atoms with van der Waals surface area (Å²) in [6.45, 7) is 0. The van der Waals surface area contributed by atoms with Crippen LogP contribution in [0.25, 0.3) is 33.0 Å². The molecular weight excluding hydrogens is 355 g/mol. The summed E-state index contributed by atoms with van der Waals surface area (Å²) in [6.07, 6.45) is 0.497. The fourth-order valence-electron chi connectivity index (χ4n) is 3.59. The van der Waals surface area contributed by atoms with Crippen molar-refractivity contribution in [3.05, 3.63) is 96.6 Å². The van der Waals surface area contributed by atoms with Gasteiger partial charge in [-0.1, -0.05) is 84.9 Å². The predicted molar refractivity (Wildman–Crippen MR) is 108 cm³/mol. The number of rotatable bonds is 5. The van der Waals surface area contributed by atoms with Crippen LogP contribution in [0.5, 0.6) is 0 Å². The van der Waals surface area contributed by atoms with Gasteiger partial charge in [0.25, 0.3) is 0 Å². The minimum Gasteiger partial charge on any atom is -0.550 e. The summed E-state index contributed by atoms with van der Waals surface area (Å²) >= 11 is 0. The Morgan fingerprint density at radius 3 is 2.14 bits per heavy atom. The van der Waals surface area contributed by atoms with E-state index in [2.05, 4.69) is 66.7 Å². The maximum atomic E-state index is 10.9. The molecule has 0 aliphatic rings. The quantitative estimate of drug-likeness (QED) is 0.501. The molecule has 0 radical (unpaired) electrons. The largest absolute Gasteiger partial charge is 1.00 e. The number of aliphatic carboxylic acids is 1. The molecule has 0 amide bonds. The fourth-order valence-corrected chi connectivity index (χ4v) is 3.59. The first-order valence-electron chi connectivity index (χ1n) is 9.09. The van der Waals surface area contributed by atoms with Crippen LogP contribution in [0.15, 0.2) is 91.0 Å². The Morgan fingerprint density at radius 2 is 1.32 bits per heavy atom. The van der Waals surface area contributed by atoms with Gasteiger partial charge in [-0.15, -0.1) is 0 Å². The number of hydrogen-bond acceptors (Lipinski definition) is 2. The number of carboxylic acid groups (broad SMARTS) is 1. The summed E-state index contributed by atoms with van der Waals surface area (Å²) in [7, 11) is 0. The Bertz CT molecular complexity index is 1110. The second-order valence-electron chi connectivity index (χ2n) is 6.64. The molecule has 0 unspecified atom stereocenters. The topological polar surface area (TPSA) is 40.1 Å². The number of aryl methyl sites for hydroxylation is 1. The third kappa shape index (κ3) is 4.36. The third-order valence-corrected chi connectivity index (χ3v) is 4.89. The minimum atomic E-state index is -1.02. The Hall–Kier alpha value is -2.39. The van der Waals surface area contributed by atoms with Crippen molar-refractivity contribution < 1.29 is 39.5 Å². The normalized spacial score (nSPS) is 10.4. The number of carbonyl (C=O) groups excluding carboxylic acids is 1. The number of hydrogen-bond donors (Lipinski definition) is 0. The Balaban J connectivity index is 0.00000225. The Morgan fingerprint density at radius 1 is 0.714 bits per heavy atom. The molecule has 2 nitrogen and oxygen atoms in total. The van der Waals surface area contributed by atoms with Crippen LogP contribution in [0.3, 0.4) is 0 Å². The zero-order chi connectivity index (χ0) is 18.6. The molecule has 0 aromatic heterocycles.